The Kier molecular flexibility index (Phi) is 94.7. The van der Waals surface area contributed by atoms with Crippen molar-refractivity contribution in [1.82, 2.24) is 9.97 Å². The van der Waals surface area contributed by atoms with Crippen LogP contribution in [0.1, 0.15) is 281 Å². The summed E-state index contributed by atoms with van der Waals surface area (Å²) in [6, 6.07) is 69.7. The normalized spacial score (nSPS) is 9.19. The smallest absolute Gasteiger partial charge is 0.224 e. The number of hydrogen-bond donors (Lipinski definition) is 0. The number of para-hydroxylation sites is 2. The molecular weight excluding hydrogens is 1180 g/mol. The molecule has 9 aromatic rings. The van der Waals surface area contributed by atoms with Crippen LogP contribution in [0.4, 0.5) is 5.69 Å². The summed E-state index contributed by atoms with van der Waals surface area (Å²) in [4.78, 5) is 22.4. The minimum atomic E-state index is 0.0334. The average Bonchev–Trinajstić information content (AvgIpc) is 1.58. The molecule has 4 nitrogen and oxygen atoms in total. The molecule has 94 heavy (non-hydrogen) atoms. The fraction of sp³-hybridized carbons (Fsp3) is 0.443. The van der Waals surface area contributed by atoms with Crippen LogP contribution >= 0.6 is 22.7 Å². The molecule has 0 radical (unpaired) electrons. The third-order valence-corrected chi connectivity index (χ3v) is 13.2. The maximum absolute atomic E-state index is 11.9. The quantitative estimate of drug-likeness (QED) is 0.142. The van der Waals surface area contributed by atoms with E-state index < -0.39 is 0 Å². The molecule has 0 fully saturated rings. The van der Waals surface area contributed by atoms with Gasteiger partial charge in [-0.05, 0) is 89.6 Å². The number of fused-ring (bicyclic) bond motifs is 1. The Labute approximate surface area is 593 Å². The number of aromatic nitrogens is 2. The van der Waals surface area contributed by atoms with Crippen molar-refractivity contribution in [1.29, 1.82) is 0 Å². The van der Waals surface area contributed by atoms with Crippen molar-refractivity contribution in [2.24, 2.45) is 11.8 Å². The molecule has 6 heteroatoms. The van der Waals surface area contributed by atoms with E-state index in [1.807, 2.05) is 312 Å². The molecule has 0 aliphatic carbocycles. The number of hydrogen-bond acceptors (Lipinski definition) is 5. The molecule has 2 heterocycles. The standard InChI is InChI=1S/C16H17NO.C13H9NS.C11H7NS.2C11H16.13C2H6/c1-13(15-9-5-3-6-10-15)17(14(2)18)16-11-7-4-8-12-16;1-2-6-10(7-3-1)13-14-11-8-4-5-9-12(11)15-13;1-2-4-10(5-3-1)6-7-11-8-13-9-12-11;2*1-9(2)10(3)11-7-5-4-6-8-11;13*1-2/h3-13H,1-2H3;1-9H;1-5,8-9H;2*4-10H,1-3H3;13*1-2H3. The summed E-state index contributed by atoms with van der Waals surface area (Å²) in [5.74, 6) is 8.91. The van der Waals surface area contributed by atoms with E-state index in [0.29, 0.717) is 11.8 Å². The Balaban J connectivity index is -0.000000127. The Bertz CT molecular complexity index is 2720. The summed E-state index contributed by atoms with van der Waals surface area (Å²) >= 11 is 3.30. The van der Waals surface area contributed by atoms with E-state index >= 15 is 0 Å². The summed E-state index contributed by atoms with van der Waals surface area (Å²) in [7, 11) is 0. The second-order valence-electron chi connectivity index (χ2n) is 17.0. The fourth-order valence-corrected chi connectivity index (χ4v) is 8.39. The van der Waals surface area contributed by atoms with Crippen molar-refractivity contribution < 1.29 is 4.79 Å². The van der Waals surface area contributed by atoms with Crippen molar-refractivity contribution in [2.45, 2.75) is 253 Å². The lowest BCUT2D eigenvalue weighted by Gasteiger charge is -2.28. The third-order valence-electron chi connectivity index (χ3n) is 11.5. The molecule has 0 saturated carbocycles. The first-order valence-corrected chi connectivity index (χ1v) is 38.1. The number of benzene rings is 7. The van der Waals surface area contributed by atoms with Crippen molar-refractivity contribution >= 4 is 44.5 Å². The fourth-order valence-electron chi connectivity index (χ4n) is 6.94. The van der Waals surface area contributed by atoms with Gasteiger partial charge in [-0.1, -0.05) is 397 Å². The van der Waals surface area contributed by atoms with E-state index in [4.69, 9.17) is 0 Å². The van der Waals surface area contributed by atoms with Crippen LogP contribution in [-0.4, -0.2) is 15.9 Å². The molecule has 528 valence electrons. The van der Waals surface area contributed by atoms with Gasteiger partial charge in [-0.15, -0.1) is 22.7 Å². The number of nitrogens with zero attached hydrogens (tertiary/aromatic N) is 3. The molecule has 0 aliphatic rings. The lowest BCUT2D eigenvalue weighted by molar-refractivity contribution is -0.117. The maximum Gasteiger partial charge on any atom is 0.224 e. The minimum absolute atomic E-state index is 0.0334. The predicted molar refractivity (Wildman–Crippen MR) is 441 cm³/mol. The number of anilines is 1. The molecule has 0 aliphatic heterocycles. The van der Waals surface area contributed by atoms with Crippen molar-refractivity contribution in [3.63, 3.8) is 0 Å². The highest BCUT2D eigenvalue weighted by molar-refractivity contribution is 7.21. The lowest BCUT2D eigenvalue weighted by Crippen LogP contribution is -2.31. The molecule has 2 aromatic heterocycles. The largest absolute Gasteiger partial charge is 0.305 e. The van der Waals surface area contributed by atoms with E-state index in [9.17, 15) is 4.79 Å². The van der Waals surface area contributed by atoms with Gasteiger partial charge in [0.25, 0.3) is 0 Å². The van der Waals surface area contributed by atoms with E-state index in [1.54, 1.807) is 35.1 Å². The van der Waals surface area contributed by atoms with Crippen molar-refractivity contribution in [3.8, 4) is 22.4 Å². The number of thiazole rings is 2. The van der Waals surface area contributed by atoms with Crippen LogP contribution in [0.3, 0.4) is 0 Å². The molecule has 3 atom stereocenters. The second kappa shape index (κ2) is 84.1. The number of carbonyl (C=O) groups is 1. The first-order chi connectivity index (χ1) is 46.0. The highest BCUT2D eigenvalue weighted by Crippen LogP contribution is 2.30. The minimum Gasteiger partial charge on any atom is -0.305 e. The highest BCUT2D eigenvalue weighted by atomic mass is 32.1. The Hall–Kier alpha value is -6.91. The van der Waals surface area contributed by atoms with Crippen molar-refractivity contribution in [2.75, 3.05) is 4.90 Å². The van der Waals surface area contributed by atoms with E-state index in [2.05, 4.69) is 154 Å². The predicted octanol–water partition coefficient (Wildman–Crippen LogP) is 30.5. The van der Waals surface area contributed by atoms with Crippen LogP contribution < -0.4 is 4.90 Å². The summed E-state index contributed by atoms with van der Waals surface area (Å²) in [6.45, 7) is 69.3. The zero-order valence-corrected chi connectivity index (χ0v) is 68.4. The van der Waals surface area contributed by atoms with Gasteiger partial charge in [0.15, 0.2) is 0 Å². The first kappa shape index (κ1) is 106. The molecule has 9 rings (SSSR count). The van der Waals surface area contributed by atoms with E-state index in [-0.39, 0.29) is 11.9 Å². The van der Waals surface area contributed by atoms with Gasteiger partial charge in [-0.3, -0.25) is 4.79 Å². The Morgan fingerprint density at radius 1 is 0.383 bits per heavy atom. The van der Waals surface area contributed by atoms with E-state index in [0.717, 1.165) is 44.9 Å². The topological polar surface area (TPSA) is 46.1 Å². The van der Waals surface area contributed by atoms with Gasteiger partial charge in [-0.25, -0.2) is 9.97 Å². The summed E-state index contributed by atoms with van der Waals surface area (Å²) in [5, 5.41) is 3.03. The highest BCUT2D eigenvalue weighted by Gasteiger charge is 2.20. The van der Waals surface area contributed by atoms with Gasteiger partial charge in [0.1, 0.15) is 10.7 Å². The van der Waals surface area contributed by atoms with Gasteiger partial charge < -0.3 is 4.90 Å². The van der Waals surface area contributed by atoms with Gasteiger partial charge in [0, 0.05) is 29.1 Å². The van der Waals surface area contributed by atoms with Crippen LogP contribution in [0.15, 0.2) is 217 Å². The van der Waals surface area contributed by atoms with Crippen LogP contribution in [0.2, 0.25) is 0 Å². The molecule has 0 N–H and O–H groups in total. The van der Waals surface area contributed by atoms with Gasteiger partial charge in [0.05, 0.1) is 21.8 Å². The summed E-state index contributed by atoms with van der Waals surface area (Å²) < 4.78 is 1.25. The molecule has 1 amide bonds. The molecule has 0 saturated heterocycles. The van der Waals surface area contributed by atoms with Gasteiger partial charge in [-0.2, -0.15) is 0 Å². The van der Waals surface area contributed by atoms with Crippen LogP contribution in [0.25, 0.3) is 20.8 Å². The van der Waals surface area contributed by atoms with Gasteiger partial charge in [0.2, 0.25) is 5.91 Å². The van der Waals surface area contributed by atoms with Gasteiger partial charge >= 0.3 is 0 Å². The number of carbonyl (C=O) groups excluding carboxylic acids is 1. The first-order valence-electron chi connectivity index (χ1n) is 36.4. The Morgan fingerprint density at radius 3 is 1.03 bits per heavy atom. The zero-order valence-electron chi connectivity index (χ0n) is 66.7. The molecule has 0 spiro atoms. The lowest BCUT2D eigenvalue weighted by atomic mass is 9.91. The average molecular weight is 1320 g/mol. The molecule has 3 unspecified atom stereocenters. The van der Waals surface area contributed by atoms with Crippen molar-refractivity contribution in [3.05, 3.63) is 245 Å². The Morgan fingerprint density at radius 2 is 0.702 bits per heavy atom. The van der Waals surface area contributed by atoms with E-state index in [1.165, 1.54) is 21.4 Å². The second-order valence-corrected chi connectivity index (χ2v) is 18.8. The SMILES string of the molecule is C(#Cc1cscn1)c1ccccc1.CC.CC.CC.CC.CC.CC.CC.CC.CC.CC.CC.CC.CC.CC(=O)N(c1ccccc1)C(C)c1ccccc1.CC(C)C(C)c1ccccc1.CC(C)C(C)c1ccccc1.c1ccc(-c2nc3ccccc3s2)cc1. The summed E-state index contributed by atoms with van der Waals surface area (Å²) in [5.41, 5.74) is 10.9. The monoisotopic (exact) mass is 1320 g/mol. The molecule has 7 aromatic carbocycles. The molecule has 0 bridgehead atoms. The zero-order chi connectivity index (χ0) is 74.5. The van der Waals surface area contributed by atoms with Crippen LogP contribution in [-0.2, 0) is 4.79 Å². The third kappa shape index (κ3) is 51.5. The van der Waals surface area contributed by atoms with Crippen LogP contribution in [0, 0.1) is 23.7 Å². The summed E-state index contributed by atoms with van der Waals surface area (Å²) in [6.07, 6.45) is 0. The number of rotatable bonds is 8. The number of amides is 1. The maximum atomic E-state index is 11.9. The molecular formula is C88H143N3OS2. The van der Waals surface area contributed by atoms with Crippen LogP contribution in [0.5, 0.6) is 0 Å².